The summed E-state index contributed by atoms with van der Waals surface area (Å²) in [5.74, 6) is -6.37. The molecule has 1 saturated carbocycles. The molecule has 0 heterocycles. The monoisotopic (exact) mass is 605 g/mol. The molecule has 3 aliphatic carbocycles. The molecule has 0 aromatic heterocycles. The normalized spacial score (nSPS) is 24.8. The van der Waals surface area contributed by atoms with Gasteiger partial charge < -0.3 is 30.9 Å². The number of aliphatic hydroxyl groups excluding tert-OH is 2. The number of hydrogen-bond acceptors (Lipinski definition) is 10. The van der Waals surface area contributed by atoms with E-state index in [9.17, 15) is 34.8 Å². The zero-order chi connectivity index (χ0) is 32.1. The number of primary amides is 1. The highest BCUT2D eigenvalue weighted by Gasteiger charge is 2.64. The Bertz CT molecular complexity index is 1580. The predicted molar refractivity (Wildman–Crippen MR) is 162 cm³/mol. The maximum atomic E-state index is 14.0. The second-order valence-electron chi connectivity index (χ2n) is 12.0. The lowest BCUT2D eigenvalue weighted by Gasteiger charge is -2.50. The zero-order valence-electron chi connectivity index (χ0n) is 25.3. The average molecular weight is 606 g/mol. The second kappa shape index (κ2) is 11.7. The standard InChI is InChI=1S/C33H39N3O8/c1-5-36(12-11-17-9-7-6-8-10-17)16-19-15-22(37)24-20(29(19)44-4)13-18-14-21-26(35(2)3)28(39)25(32(34)42)31(41)33(21,43)30(40)23(18)27(24)38/h6-10,15,18,21,26,37-38,41,43H,5,11-14,16H2,1-4H3,(H2,34,42)/t18-,21-,26-,33-/m0/s1. The number of ketones is 2. The number of phenolic OH excluding ortho intramolecular Hbond substituents is 1. The van der Waals surface area contributed by atoms with Crippen molar-refractivity contribution in [1.82, 2.24) is 9.80 Å². The summed E-state index contributed by atoms with van der Waals surface area (Å²) in [5, 5.41) is 45.5. The number of amides is 1. The van der Waals surface area contributed by atoms with Gasteiger partial charge in [0.2, 0.25) is 5.78 Å². The molecule has 1 amide bonds. The fourth-order valence-electron chi connectivity index (χ4n) is 7.25. The quantitative estimate of drug-likeness (QED) is 0.266. The van der Waals surface area contributed by atoms with Crippen molar-refractivity contribution in [3.63, 3.8) is 0 Å². The molecule has 6 N–H and O–H groups in total. The lowest BCUT2D eigenvalue weighted by Crippen LogP contribution is -2.65. The SMILES string of the molecule is CCN(CCc1ccccc1)Cc1cc(O)c2c(c1OC)C[C@H]1C[C@H]3[C@H](N(C)C)C(=O)C(C(N)=O)=C(O)[C@@]3(O)C(=O)C1=C2O. The van der Waals surface area contributed by atoms with Gasteiger partial charge in [-0.1, -0.05) is 37.3 Å². The number of aromatic hydroxyl groups is 1. The fraction of sp³-hybridized carbons (Fsp3) is 0.424. The number of phenols is 1. The molecule has 234 valence electrons. The van der Waals surface area contributed by atoms with E-state index in [2.05, 4.69) is 17.0 Å². The van der Waals surface area contributed by atoms with Crippen molar-refractivity contribution in [2.24, 2.45) is 17.6 Å². The van der Waals surface area contributed by atoms with Crippen LogP contribution in [0.15, 0.2) is 53.3 Å². The first-order valence-corrected chi connectivity index (χ1v) is 14.7. The van der Waals surface area contributed by atoms with Crippen LogP contribution in [0.4, 0.5) is 0 Å². The Kier molecular flexibility index (Phi) is 8.32. The first-order valence-electron chi connectivity index (χ1n) is 14.7. The molecule has 4 atom stereocenters. The largest absolute Gasteiger partial charge is 0.508 e. The van der Waals surface area contributed by atoms with E-state index in [1.165, 1.54) is 23.6 Å². The Balaban J connectivity index is 1.57. The highest BCUT2D eigenvalue weighted by molar-refractivity contribution is 6.24. The number of ether oxygens (including phenoxy) is 1. The number of carbonyl (C=O) groups is 3. The van der Waals surface area contributed by atoms with Crippen molar-refractivity contribution >= 4 is 23.2 Å². The van der Waals surface area contributed by atoms with Crippen LogP contribution in [-0.2, 0) is 33.8 Å². The Labute approximate surface area is 255 Å². The van der Waals surface area contributed by atoms with Crippen molar-refractivity contribution in [3.8, 4) is 11.5 Å². The van der Waals surface area contributed by atoms with E-state index in [1.54, 1.807) is 14.1 Å². The van der Waals surface area contributed by atoms with Crippen molar-refractivity contribution in [2.75, 3.05) is 34.3 Å². The number of rotatable bonds is 9. The van der Waals surface area contributed by atoms with Crippen molar-refractivity contribution in [2.45, 2.75) is 44.4 Å². The topological polar surface area (TPSA) is 174 Å². The fourth-order valence-corrected chi connectivity index (χ4v) is 7.25. The van der Waals surface area contributed by atoms with Crippen LogP contribution in [0.2, 0.25) is 0 Å². The maximum Gasteiger partial charge on any atom is 0.255 e. The molecular weight excluding hydrogens is 566 g/mol. The highest BCUT2D eigenvalue weighted by Crippen LogP contribution is 2.54. The van der Waals surface area contributed by atoms with Gasteiger partial charge in [-0.05, 0) is 57.5 Å². The summed E-state index contributed by atoms with van der Waals surface area (Å²) in [6, 6.07) is 10.5. The van der Waals surface area contributed by atoms with Gasteiger partial charge in [-0.2, -0.15) is 0 Å². The minimum absolute atomic E-state index is 0.00854. The van der Waals surface area contributed by atoms with Gasteiger partial charge in [-0.3, -0.25) is 24.2 Å². The Morgan fingerprint density at radius 1 is 1.14 bits per heavy atom. The van der Waals surface area contributed by atoms with Crippen molar-refractivity contribution in [3.05, 3.63) is 75.6 Å². The van der Waals surface area contributed by atoms with Crippen LogP contribution in [0, 0.1) is 11.8 Å². The van der Waals surface area contributed by atoms with Gasteiger partial charge in [0.15, 0.2) is 11.4 Å². The number of fused-ring (bicyclic) bond motifs is 3. The Morgan fingerprint density at radius 3 is 2.41 bits per heavy atom. The van der Waals surface area contributed by atoms with Gasteiger partial charge in [0.1, 0.15) is 28.6 Å². The van der Waals surface area contributed by atoms with Gasteiger partial charge >= 0.3 is 0 Å². The Hall–Kier alpha value is -4.19. The molecule has 3 aliphatic rings. The van der Waals surface area contributed by atoms with Crippen molar-refractivity contribution in [1.29, 1.82) is 0 Å². The molecular formula is C33H39N3O8. The third-order valence-electron chi connectivity index (χ3n) is 9.35. The average Bonchev–Trinajstić information content (AvgIpc) is 2.97. The van der Waals surface area contributed by atoms with E-state index in [1.807, 2.05) is 25.1 Å². The number of nitrogens with zero attached hydrogens (tertiary/aromatic N) is 2. The number of aliphatic hydroxyl groups is 3. The first-order chi connectivity index (χ1) is 20.9. The molecule has 44 heavy (non-hydrogen) atoms. The minimum atomic E-state index is -2.68. The van der Waals surface area contributed by atoms with Crippen molar-refractivity contribution < 1.29 is 39.5 Å². The van der Waals surface area contributed by atoms with E-state index in [-0.39, 0.29) is 29.7 Å². The molecule has 0 saturated heterocycles. The van der Waals surface area contributed by atoms with E-state index in [4.69, 9.17) is 10.5 Å². The van der Waals surface area contributed by atoms with Gasteiger partial charge in [0, 0.05) is 35.7 Å². The summed E-state index contributed by atoms with van der Waals surface area (Å²) in [6.07, 6.45) is 1.01. The summed E-state index contributed by atoms with van der Waals surface area (Å²) in [6.45, 7) is 4.01. The molecule has 0 bridgehead atoms. The summed E-state index contributed by atoms with van der Waals surface area (Å²) in [7, 11) is 4.64. The molecule has 2 aromatic carbocycles. The van der Waals surface area contributed by atoms with Crippen LogP contribution >= 0.6 is 0 Å². The number of likely N-dealkylation sites (N-methyl/N-ethyl adjacent to an activating group) is 2. The lowest BCUT2D eigenvalue weighted by molar-refractivity contribution is -0.153. The number of Topliss-reactive ketones (excluding diaryl/α,β-unsaturated/α-hetero) is 2. The lowest BCUT2D eigenvalue weighted by atomic mass is 9.57. The molecule has 0 unspecified atom stereocenters. The van der Waals surface area contributed by atoms with Gasteiger partial charge in [-0.25, -0.2) is 0 Å². The Morgan fingerprint density at radius 2 is 1.82 bits per heavy atom. The van der Waals surface area contributed by atoms with E-state index >= 15 is 0 Å². The maximum absolute atomic E-state index is 14.0. The molecule has 0 aliphatic heterocycles. The third-order valence-corrected chi connectivity index (χ3v) is 9.35. The summed E-state index contributed by atoms with van der Waals surface area (Å²) >= 11 is 0. The van der Waals surface area contributed by atoms with Crippen LogP contribution in [0.5, 0.6) is 11.5 Å². The van der Waals surface area contributed by atoms with Crippen LogP contribution in [0.1, 0.15) is 35.6 Å². The van der Waals surface area contributed by atoms with Crippen LogP contribution in [0.25, 0.3) is 5.76 Å². The molecule has 11 nitrogen and oxygen atoms in total. The number of carbonyl (C=O) groups excluding carboxylic acids is 3. The highest BCUT2D eigenvalue weighted by atomic mass is 16.5. The predicted octanol–water partition coefficient (Wildman–Crippen LogP) is 2.04. The summed E-state index contributed by atoms with van der Waals surface area (Å²) < 4.78 is 5.86. The second-order valence-corrected chi connectivity index (χ2v) is 12.0. The molecule has 0 spiro atoms. The summed E-state index contributed by atoms with van der Waals surface area (Å²) in [5.41, 5.74) is 4.11. The van der Waals surface area contributed by atoms with Crippen LogP contribution < -0.4 is 10.5 Å². The molecule has 11 heteroatoms. The van der Waals surface area contributed by atoms with Gasteiger partial charge in [0.25, 0.3) is 5.91 Å². The van der Waals surface area contributed by atoms with Gasteiger partial charge in [-0.15, -0.1) is 0 Å². The number of methoxy groups -OCH3 is 1. The third kappa shape index (κ3) is 4.85. The number of benzene rings is 2. The zero-order valence-corrected chi connectivity index (χ0v) is 25.3. The summed E-state index contributed by atoms with van der Waals surface area (Å²) in [4.78, 5) is 43.2. The minimum Gasteiger partial charge on any atom is -0.508 e. The molecule has 2 aromatic rings. The smallest absolute Gasteiger partial charge is 0.255 e. The van der Waals surface area contributed by atoms with E-state index in [0.29, 0.717) is 23.4 Å². The van der Waals surface area contributed by atoms with Gasteiger partial charge in [0.05, 0.1) is 18.7 Å². The number of hydrogen-bond donors (Lipinski definition) is 5. The van der Waals surface area contributed by atoms with E-state index in [0.717, 1.165) is 19.5 Å². The number of nitrogens with two attached hydrogens (primary N) is 1. The van der Waals surface area contributed by atoms with E-state index < -0.39 is 58.0 Å². The van der Waals surface area contributed by atoms with Crippen LogP contribution in [0.3, 0.4) is 0 Å². The molecule has 5 rings (SSSR count). The molecule has 1 fully saturated rings. The van der Waals surface area contributed by atoms with Crippen LogP contribution in [-0.4, -0.2) is 93.6 Å². The first kappa shape index (κ1) is 31.2. The molecule has 0 radical (unpaired) electrons.